The van der Waals surface area contributed by atoms with Crippen molar-refractivity contribution in [3.63, 3.8) is 0 Å². The highest BCUT2D eigenvalue weighted by Gasteiger charge is 2.13. The average Bonchev–Trinajstić information content (AvgIpc) is 3.15. The van der Waals surface area contributed by atoms with Crippen LogP contribution >= 0.6 is 11.6 Å². The number of hydrogen-bond acceptors (Lipinski definition) is 6. The number of rotatable bonds is 6. The number of methoxy groups -OCH3 is 1. The zero-order chi connectivity index (χ0) is 20.8. The summed E-state index contributed by atoms with van der Waals surface area (Å²) in [5.74, 6) is -0.389. The first kappa shape index (κ1) is 20.1. The number of ether oxygens (including phenoxy) is 2. The van der Waals surface area contributed by atoms with Gasteiger partial charge in [-0.3, -0.25) is 9.89 Å². The number of esters is 1. The summed E-state index contributed by atoms with van der Waals surface area (Å²) in [6.45, 7) is 1.79. The number of aromatic nitrogens is 2. The highest BCUT2D eigenvalue weighted by atomic mass is 35.5. The fourth-order valence-corrected chi connectivity index (χ4v) is 2.48. The highest BCUT2D eigenvalue weighted by Crippen LogP contribution is 2.28. The highest BCUT2D eigenvalue weighted by molar-refractivity contribution is 6.30. The first-order valence-electron chi connectivity index (χ1n) is 8.47. The Morgan fingerprint density at radius 2 is 1.90 bits per heavy atom. The molecular weight excluding hydrogens is 396 g/mol. The topological polar surface area (TPSA) is 106 Å². The number of H-pyrrole nitrogens is 1. The molecule has 1 heterocycles. The van der Waals surface area contributed by atoms with Gasteiger partial charge >= 0.3 is 5.97 Å². The van der Waals surface area contributed by atoms with Gasteiger partial charge in [-0.2, -0.15) is 10.2 Å². The van der Waals surface area contributed by atoms with Gasteiger partial charge in [0.25, 0.3) is 5.91 Å². The van der Waals surface area contributed by atoms with Gasteiger partial charge in [0, 0.05) is 10.7 Å². The van der Waals surface area contributed by atoms with Crippen LogP contribution in [0.1, 0.15) is 32.1 Å². The molecule has 2 N–H and O–H groups in total. The molecule has 0 atom stereocenters. The number of aryl methyl sites for hydroxylation is 1. The van der Waals surface area contributed by atoms with E-state index in [1.54, 1.807) is 55.5 Å². The van der Waals surface area contributed by atoms with Crippen molar-refractivity contribution < 1.29 is 19.1 Å². The zero-order valence-corrected chi connectivity index (χ0v) is 16.4. The quantitative estimate of drug-likeness (QED) is 0.279. The monoisotopic (exact) mass is 412 g/mol. The van der Waals surface area contributed by atoms with Crippen molar-refractivity contribution in [3.05, 3.63) is 76.1 Å². The Morgan fingerprint density at radius 3 is 2.55 bits per heavy atom. The van der Waals surface area contributed by atoms with Crippen molar-refractivity contribution in [2.24, 2.45) is 5.10 Å². The Labute approximate surface area is 171 Å². The smallest absolute Gasteiger partial charge is 0.343 e. The van der Waals surface area contributed by atoms with Gasteiger partial charge in [-0.05, 0) is 61.0 Å². The summed E-state index contributed by atoms with van der Waals surface area (Å²) >= 11 is 5.82. The number of nitrogens with zero attached hydrogens (tertiary/aromatic N) is 2. The van der Waals surface area contributed by atoms with Gasteiger partial charge in [-0.25, -0.2) is 10.2 Å². The van der Waals surface area contributed by atoms with Gasteiger partial charge in [0.15, 0.2) is 17.2 Å². The molecule has 0 fully saturated rings. The summed E-state index contributed by atoms with van der Waals surface area (Å²) in [5.41, 5.74) is 4.38. The molecule has 29 heavy (non-hydrogen) atoms. The standard InChI is InChI=1S/C20H17ClN4O4/c1-12-9-16(24-23-12)19(26)25-22-11-13-3-8-17(18(10-13)28-2)29-20(27)14-4-6-15(21)7-5-14/h3-11H,1-2H3,(H,23,24)(H,25,26)/b22-11-. The van der Waals surface area contributed by atoms with Crippen LogP contribution in [0.4, 0.5) is 0 Å². The summed E-state index contributed by atoms with van der Waals surface area (Å²) in [5, 5.41) is 11.0. The average molecular weight is 413 g/mol. The minimum atomic E-state index is -0.539. The molecule has 0 bridgehead atoms. The van der Waals surface area contributed by atoms with E-state index < -0.39 is 11.9 Å². The summed E-state index contributed by atoms with van der Waals surface area (Å²) in [7, 11) is 1.46. The number of carbonyl (C=O) groups is 2. The minimum absolute atomic E-state index is 0.238. The molecule has 0 radical (unpaired) electrons. The Bertz CT molecular complexity index is 1060. The molecule has 0 aliphatic heterocycles. The second-order valence-corrected chi connectivity index (χ2v) is 6.38. The summed E-state index contributed by atoms with van der Waals surface area (Å²) < 4.78 is 10.7. The van der Waals surface area contributed by atoms with Crippen molar-refractivity contribution in [1.82, 2.24) is 15.6 Å². The number of nitrogens with one attached hydrogen (secondary N) is 2. The van der Waals surface area contributed by atoms with Crippen molar-refractivity contribution in [1.29, 1.82) is 0 Å². The maximum atomic E-state index is 12.3. The Balaban J connectivity index is 1.67. The number of hydrazone groups is 1. The van der Waals surface area contributed by atoms with Crippen LogP contribution in [0.15, 0.2) is 53.6 Å². The number of amides is 1. The number of carbonyl (C=O) groups excluding carboxylic acids is 2. The van der Waals surface area contributed by atoms with E-state index in [0.29, 0.717) is 21.9 Å². The molecule has 3 rings (SSSR count). The molecule has 9 heteroatoms. The van der Waals surface area contributed by atoms with Crippen molar-refractivity contribution in [3.8, 4) is 11.5 Å². The summed E-state index contributed by atoms with van der Waals surface area (Å²) in [4.78, 5) is 24.2. The third-order valence-corrected chi connectivity index (χ3v) is 4.04. The lowest BCUT2D eigenvalue weighted by Crippen LogP contribution is -2.18. The largest absolute Gasteiger partial charge is 0.493 e. The fourth-order valence-electron chi connectivity index (χ4n) is 2.35. The van der Waals surface area contributed by atoms with Gasteiger partial charge in [-0.15, -0.1) is 0 Å². The van der Waals surface area contributed by atoms with E-state index in [1.165, 1.54) is 13.3 Å². The van der Waals surface area contributed by atoms with Crippen LogP contribution in [0.2, 0.25) is 5.02 Å². The normalized spacial score (nSPS) is 10.7. The van der Waals surface area contributed by atoms with Crippen LogP contribution in [0, 0.1) is 6.92 Å². The van der Waals surface area contributed by atoms with Gasteiger partial charge < -0.3 is 9.47 Å². The van der Waals surface area contributed by atoms with Gasteiger partial charge in [-0.1, -0.05) is 11.6 Å². The summed E-state index contributed by atoms with van der Waals surface area (Å²) in [6.07, 6.45) is 1.44. The molecule has 0 spiro atoms. The Morgan fingerprint density at radius 1 is 1.14 bits per heavy atom. The molecule has 8 nitrogen and oxygen atoms in total. The molecule has 0 saturated carbocycles. The number of aromatic amines is 1. The molecular formula is C20H17ClN4O4. The van der Waals surface area contributed by atoms with Crippen molar-refractivity contribution >= 4 is 29.7 Å². The number of hydrogen-bond donors (Lipinski definition) is 2. The van der Waals surface area contributed by atoms with Gasteiger partial charge in [0.2, 0.25) is 0 Å². The minimum Gasteiger partial charge on any atom is -0.493 e. The third-order valence-electron chi connectivity index (χ3n) is 3.79. The molecule has 0 aliphatic rings. The lowest BCUT2D eigenvalue weighted by molar-refractivity contribution is 0.0729. The molecule has 1 aromatic heterocycles. The predicted octanol–water partition coefficient (Wildman–Crippen LogP) is 3.36. The van der Waals surface area contributed by atoms with Crippen LogP contribution in [-0.2, 0) is 0 Å². The van der Waals surface area contributed by atoms with E-state index in [-0.39, 0.29) is 11.4 Å². The molecule has 0 unspecified atom stereocenters. The van der Waals surface area contributed by atoms with Crippen LogP contribution in [0.3, 0.4) is 0 Å². The Kier molecular flexibility index (Phi) is 6.25. The maximum Gasteiger partial charge on any atom is 0.343 e. The second-order valence-electron chi connectivity index (χ2n) is 5.94. The van der Waals surface area contributed by atoms with E-state index in [4.69, 9.17) is 21.1 Å². The van der Waals surface area contributed by atoms with E-state index in [1.807, 2.05) is 0 Å². The van der Waals surface area contributed by atoms with Crippen LogP contribution < -0.4 is 14.9 Å². The Hall–Kier alpha value is -3.65. The third kappa shape index (κ3) is 5.20. The van der Waals surface area contributed by atoms with E-state index in [9.17, 15) is 9.59 Å². The number of halogens is 1. The van der Waals surface area contributed by atoms with Gasteiger partial charge in [0.05, 0.1) is 18.9 Å². The van der Waals surface area contributed by atoms with Crippen molar-refractivity contribution in [2.45, 2.75) is 6.92 Å². The maximum absolute atomic E-state index is 12.3. The second kappa shape index (κ2) is 9.03. The van der Waals surface area contributed by atoms with E-state index in [2.05, 4.69) is 20.7 Å². The first-order chi connectivity index (χ1) is 14.0. The fraction of sp³-hybridized carbons (Fsp3) is 0.100. The lowest BCUT2D eigenvalue weighted by Gasteiger charge is -2.10. The molecule has 0 saturated heterocycles. The van der Waals surface area contributed by atoms with Crippen LogP contribution in [-0.4, -0.2) is 35.4 Å². The molecule has 1 amide bonds. The summed E-state index contributed by atoms with van der Waals surface area (Å²) in [6, 6.07) is 12.8. The molecule has 0 aliphatic carbocycles. The molecule has 2 aromatic carbocycles. The van der Waals surface area contributed by atoms with E-state index in [0.717, 1.165) is 5.69 Å². The molecule has 148 valence electrons. The first-order valence-corrected chi connectivity index (χ1v) is 8.85. The molecule has 3 aromatic rings. The van der Waals surface area contributed by atoms with Crippen LogP contribution in [0.5, 0.6) is 11.5 Å². The SMILES string of the molecule is COc1cc(/C=N\NC(=O)c2cc(C)[nH]n2)ccc1OC(=O)c1ccc(Cl)cc1. The number of benzene rings is 2. The van der Waals surface area contributed by atoms with Crippen LogP contribution in [0.25, 0.3) is 0 Å². The van der Waals surface area contributed by atoms with Gasteiger partial charge in [0.1, 0.15) is 0 Å². The predicted molar refractivity (Wildman–Crippen MR) is 108 cm³/mol. The zero-order valence-electron chi connectivity index (χ0n) is 15.6. The van der Waals surface area contributed by atoms with E-state index >= 15 is 0 Å². The lowest BCUT2D eigenvalue weighted by atomic mass is 10.2. The van der Waals surface area contributed by atoms with Crippen molar-refractivity contribution in [2.75, 3.05) is 7.11 Å².